The molecular formula is C14H10N4O. The van der Waals surface area contributed by atoms with E-state index in [9.17, 15) is 0 Å². The lowest BCUT2D eigenvalue weighted by Gasteiger charge is -2.08. The van der Waals surface area contributed by atoms with E-state index in [0.29, 0.717) is 18.0 Å². The molecular weight excluding hydrogens is 240 g/mol. The topological polar surface area (TPSA) is 83.8 Å². The largest absolute Gasteiger partial charge is 0.468 e. The normalized spacial score (nSPS) is 17.1. The van der Waals surface area contributed by atoms with E-state index in [2.05, 4.69) is 6.07 Å². The Kier molecular flexibility index (Phi) is 3.37. The summed E-state index contributed by atoms with van der Waals surface area (Å²) in [5, 5.41) is 26.5. The first-order valence-electron chi connectivity index (χ1n) is 5.62. The zero-order valence-corrected chi connectivity index (χ0v) is 10.3. The van der Waals surface area contributed by atoms with Crippen LogP contribution in [0.5, 0.6) is 0 Å². The van der Waals surface area contributed by atoms with Gasteiger partial charge >= 0.3 is 0 Å². The van der Waals surface area contributed by atoms with Crippen LogP contribution in [0.4, 0.5) is 0 Å². The van der Waals surface area contributed by atoms with Gasteiger partial charge in [-0.15, -0.1) is 0 Å². The van der Waals surface area contributed by atoms with Gasteiger partial charge in [0.1, 0.15) is 18.2 Å². The van der Waals surface area contributed by atoms with Gasteiger partial charge in [-0.2, -0.15) is 15.8 Å². The van der Waals surface area contributed by atoms with Gasteiger partial charge in [-0.3, -0.25) is 0 Å². The monoisotopic (exact) mass is 250 g/mol. The first-order chi connectivity index (χ1) is 9.19. The predicted molar refractivity (Wildman–Crippen MR) is 65.9 cm³/mol. The van der Waals surface area contributed by atoms with Crippen LogP contribution in [-0.2, 0) is 4.74 Å². The Labute approximate surface area is 111 Å². The lowest BCUT2D eigenvalue weighted by molar-refractivity contribution is 0.163. The highest BCUT2D eigenvalue weighted by Crippen LogP contribution is 2.31. The smallest absolute Gasteiger partial charge is 0.219 e. The lowest BCUT2D eigenvalue weighted by Crippen LogP contribution is -2.13. The molecule has 92 valence electrons. The number of benzene rings is 1. The van der Waals surface area contributed by atoms with E-state index < -0.39 is 0 Å². The van der Waals surface area contributed by atoms with Crippen LogP contribution < -0.4 is 0 Å². The molecule has 1 fully saturated rings. The highest BCUT2D eigenvalue weighted by Gasteiger charge is 2.29. The SMILES string of the molecule is CN1CC(c2ccc(C#N)cc2)OC1=C(C#N)C#N. The van der Waals surface area contributed by atoms with Crippen molar-refractivity contribution in [1.29, 1.82) is 15.8 Å². The molecule has 0 bridgehead atoms. The van der Waals surface area contributed by atoms with E-state index in [-0.39, 0.29) is 11.7 Å². The molecule has 19 heavy (non-hydrogen) atoms. The van der Waals surface area contributed by atoms with Crippen LogP contribution in [0.2, 0.25) is 0 Å². The average molecular weight is 250 g/mol. The number of rotatable bonds is 1. The number of hydrogen-bond donors (Lipinski definition) is 0. The van der Waals surface area contributed by atoms with Crippen molar-refractivity contribution in [2.24, 2.45) is 0 Å². The molecule has 0 saturated carbocycles. The van der Waals surface area contributed by atoms with Gasteiger partial charge in [0.15, 0.2) is 5.57 Å². The third kappa shape index (κ3) is 2.34. The van der Waals surface area contributed by atoms with Crippen LogP contribution in [0.1, 0.15) is 17.2 Å². The summed E-state index contributed by atoms with van der Waals surface area (Å²) in [5.41, 5.74) is 1.47. The Morgan fingerprint density at radius 2 is 1.84 bits per heavy atom. The highest BCUT2D eigenvalue weighted by atomic mass is 16.5. The van der Waals surface area contributed by atoms with Crippen molar-refractivity contribution in [2.45, 2.75) is 6.10 Å². The molecule has 0 radical (unpaired) electrons. The minimum absolute atomic E-state index is 0.0290. The zero-order valence-electron chi connectivity index (χ0n) is 10.3. The first-order valence-corrected chi connectivity index (χ1v) is 5.62. The molecule has 0 amide bonds. The molecule has 5 heteroatoms. The number of likely N-dealkylation sites (N-methyl/N-ethyl adjacent to an activating group) is 1. The summed E-state index contributed by atoms with van der Waals surface area (Å²) in [6, 6.07) is 12.8. The fraction of sp³-hybridized carbons (Fsp3) is 0.214. The maximum atomic E-state index is 8.86. The second-order valence-corrected chi connectivity index (χ2v) is 4.12. The van der Waals surface area contributed by atoms with Crippen molar-refractivity contribution in [3.05, 3.63) is 46.8 Å². The minimum Gasteiger partial charge on any atom is -0.468 e. The quantitative estimate of drug-likeness (QED) is 0.710. The van der Waals surface area contributed by atoms with Crippen molar-refractivity contribution in [2.75, 3.05) is 13.6 Å². The number of ether oxygens (including phenoxy) is 1. The van der Waals surface area contributed by atoms with E-state index in [1.165, 1.54) is 0 Å². The van der Waals surface area contributed by atoms with E-state index in [4.69, 9.17) is 20.5 Å². The fourth-order valence-corrected chi connectivity index (χ4v) is 1.91. The summed E-state index contributed by atoms with van der Waals surface area (Å²) in [4.78, 5) is 1.74. The molecule has 0 aliphatic carbocycles. The van der Waals surface area contributed by atoms with Crippen LogP contribution in [0.3, 0.4) is 0 Å². The molecule has 1 heterocycles. The van der Waals surface area contributed by atoms with Crippen LogP contribution in [0.25, 0.3) is 0 Å². The molecule has 1 saturated heterocycles. The summed E-state index contributed by atoms with van der Waals surface area (Å²) in [6.07, 6.45) is -0.232. The van der Waals surface area contributed by atoms with E-state index in [1.807, 2.05) is 24.3 Å². The van der Waals surface area contributed by atoms with Gasteiger partial charge in [-0.05, 0) is 17.7 Å². The zero-order chi connectivity index (χ0) is 13.8. The van der Waals surface area contributed by atoms with Gasteiger partial charge in [-0.1, -0.05) is 12.1 Å². The number of nitriles is 3. The molecule has 1 aromatic rings. The Bertz CT molecular complexity index is 624. The molecule has 0 spiro atoms. The van der Waals surface area contributed by atoms with Gasteiger partial charge in [0.25, 0.3) is 0 Å². The molecule has 1 atom stereocenters. The van der Waals surface area contributed by atoms with E-state index in [0.717, 1.165) is 5.56 Å². The van der Waals surface area contributed by atoms with Gasteiger partial charge in [0.2, 0.25) is 5.88 Å². The average Bonchev–Trinajstić information content (AvgIpc) is 2.83. The molecule has 5 nitrogen and oxygen atoms in total. The van der Waals surface area contributed by atoms with Gasteiger partial charge in [0, 0.05) is 7.05 Å². The molecule has 1 unspecified atom stereocenters. The maximum absolute atomic E-state index is 8.86. The Hall–Kier alpha value is -2.97. The van der Waals surface area contributed by atoms with Crippen molar-refractivity contribution < 1.29 is 4.74 Å². The summed E-state index contributed by atoms with van der Waals surface area (Å²) >= 11 is 0. The fourth-order valence-electron chi connectivity index (χ4n) is 1.91. The molecule has 0 N–H and O–H groups in total. The second-order valence-electron chi connectivity index (χ2n) is 4.12. The number of hydrogen-bond acceptors (Lipinski definition) is 5. The Morgan fingerprint density at radius 1 is 1.21 bits per heavy atom. The van der Waals surface area contributed by atoms with Crippen molar-refractivity contribution in [3.63, 3.8) is 0 Å². The van der Waals surface area contributed by atoms with E-state index in [1.54, 1.807) is 24.1 Å². The molecule has 1 aromatic carbocycles. The van der Waals surface area contributed by atoms with Crippen molar-refractivity contribution >= 4 is 0 Å². The highest BCUT2D eigenvalue weighted by molar-refractivity contribution is 5.39. The van der Waals surface area contributed by atoms with Crippen LogP contribution in [0, 0.1) is 34.0 Å². The molecule has 1 aliphatic heterocycles. The van der Waals surface area contributed by atoms with Crippen LogP contribution in [0.15, 0.2) is 35.7 Å². The van der Waals surface area contributed by atoms with Gasteiger partial charge in [-0.25, -0.2) is 0 Å². The van der Waals surface area contributed by atoms with Crippen molar-refractivity contribution in [3.8, 4) is 18.2 Å². The summed E-state index contributed by atoms with van der Waals surface area (Å²) in [5.74, 6) is 0.305. The molecule has 2 rings (SSSR count). The number of nitrogens with zero attached hydrogens (tertiary/aromatic N) is 4. The Morgan fingerprint density at radius 3 is 2.37 bits per heavy atom. The summed E-state index contributed by atoms with van der Waals surface area (Å²) < 4.78 is 5.65. The van der Waals surface area contributed by atoms with Crippen molar-refractivity contribution in [1.82, 2.24) is 4.90 Å². The Balaban J connectivity index is 2.27. The second kappa shape index (κ2) is 5.12. The van der Waals surface area contributed by atoms with Gasteiger partial charge in [0.05, 0.1) is 18.2 Å². The number of allylic oxidation sites excluding steroid dienone is 1. The van der Waals surface area contributed by atoms with Crippen LogP contribution in [-0.4, -0.2) is 18.5 Å². The molecule has 0 aromatic heterocycles. The maximum Gasteiger partial charge on any atom is 0.219 e. The molecule has 1 aliphatic rings. The standard InChI is InChI=1S/C14H10N4O/c1-18-9-13(19-14(18)12(7-16)8-17)11-4-2-10(6-15)3-5-11/h2-5,13H,9H2,1H3. The third-order valence-corrected chi connectivity index (χ3v) is 2.89. The van der Waals surface area contributed by atoms with Crippen LogP contribution >= 0.6 is 0 Å². The predicted octanol–water partition coefficient (Wildman–Crippen LogP) is 1.82. The van der Waals surface area contributed by atoms with Gasteiger partial charge < -0.3 is 9.64 Å². The summed E-state index contributed by atoms with van der Waals surface area (Å²) in [6.45, 7) is 0.564. The first kappa shape index (κ1) is 12.5. The minimum atomic E-state index is -0.232. The summed E-state index contributed by atoms with van der Waals surface area (Å²) in [7, 11) is 1.77. The third-order valence-electron chi connectivity index (χ3n) is 2.89. The lowest BCUT2D eigenvalue weighted by atomic mass is 10.1. The van der Waals surface area contributed by atoms with E-state index >= 15 is 0 Å².